The first-order valence-electron chi connectivity index (χ1n) is 5.21. The van der Waals surface area contributed by atoms with Crippen LogP contribution in [0.1, 0.15) is 5.56 Å². The highest BCUT2D eigenvalue weighted by atomic mass is 35.5. The molecule has 2 heterocycles. The topological polar surface area (TPSA) is 22.1 Å². The molecule has 0 aliphatic carbocycles. The molecule has 1 aromatic heterocycles. The maximum absolute atomic E-state index is 5.88. The molecular formula is C13H10ClNO. The van der Waals surface area contributed by atoms with Crippen molar-refractivity contribution in [2.75, 3.05) is 6.61 Å². The Balaban J connectivity index is 2.07. The highest BCUT2D eigenvalue weighted by molar-refractivity contribution is 6.29. The highest BCUT2D eigenvalue weighted by Gasteiger charge is 2.12. The molecule has 1 aliphatic heterocycles. The van der Waals surface area contributed by atoms with Crippen molar-refractivity contribution in [1.29, 1.82) is 0 Å². The third-order valence-corrected chi connectivity index (χ3v) is 2.91. The molecule has 80 valence electrons. The van der Waals surface area contributed by atoms with Crippen molar-refractivity contribution >= 4 is 11.6 Å². The molecule has 0 amide bonds. The highest BCUT2D eigenvalue weighted by Crippen LogP contribution is 2.29. The lowest BCUT2D eigenvalue weighted by molar-refractivity contribution is 0.357. The number of fused-ring (bicyclic) bond motifs is 1. The number of benzene rings is 1. The molecule has 0 fully saturated rings. The molecule has 16 heavy (non-hydrogen) atoms. The van der Waals surface area contributed by atoms with Crippen molar-refractivity contribution in [2.45, 2.75) is 6.42 Å². The van der Waals surface area contributed by atoms with Crippen LogP contribution in [0.3, 0.4) is 0 Å². The first-order valence-corrected chi connectivity index (χ1v) is 5.59. The van der Waals surface area contributed by atoms with Gasteiger partial charge in [-0.05, 0) is 35.9 Å². The van der Waals surface area contributed by atoms with E-state index in [0.29, 0.717) is 5.15 Å². The minimum Gasteiger partial charge on any atom is -0.493 e. The first kappa shape index (κ1) is 9.67. The molecule has 1 aliphatic rings. The Morgan fingerprint density at radius 2 is 2.12 bits per heavy atom. The Morgan fingerprint density at radius 3 is 3.00 bits per heavy atom. The standard InChI is InChI=1S/C13H10ClNO/c14-13-3-1-2-11(15-13)9-4-5-12-10(8-9)6-7-16-12/h1-5,8H,6-7H2. The summed E-state index contributed by atoms with van der Waals surface area (Å²) in [6.45, 7) is 0.780. The van der Waals surface area contributed by atoms with Gasteiger partial charge < -0.3 is 4.74 Å². The van der Waals surface area contributed by atoms with Gasteiger partial charge in [0.1, 0.15) is 10.9 Å². The van der Waals surface area contributed by atoms with Gasteiger partial charge in [-0.2, -0.15) is 0 Å². The van der Waals surface area contributed by atoms with Crippen molar-refractivity contribution in [1.82, 2.24) is 4.98 Å². The van der Waals surface area contributed by atoms with Gasteiger partial charge in [0, 0.05) is 12.0 Å². The van der Waals surface area contributed by atoms with E-state index in [1.807, 2.05) is 24.3 Å². The van der Waals surface area contributed by atoms with E-state index in [2.05, 4.69) is 11.1 Å². The van der Waals surface area contributed by atoms with E-state index in [0.717, 1.165) is 30.0 Å². The quantitative estimate of drug-likeness (QED) is 0.703. The van der Waals surface area contributed by atoms with Crippen molar-refractivity contribution < 1.29 is 4.74 Å². The molecule has 3 rings (SSSR count). The summed E-state index contributed by atoms with van der Waals surface area (Å²) in [4.78, 5) is 4.29. The summed E-state index contributed by atoms with van der Waals surface area (Å²) in [7, 11) is 0. The summed E-state index contributed by atoms with van der Waals surface area (Å²) < 4.78 is 5.47. The predicted molar refractivity (Wildman–Crippen MR) is 63.9 cm³/mol. The van der Waals surface area contributed by atoms with E-state index < -0.39 is 0 Å². The van der Waals surface area contributed by atoms with Crippen LogP contribution in [-0.4, -0.2) is 11.6 Å². The normalized spacial score (nSPS) is 13.3. The Morgan fingerprint density at radius 1 is 1.19 bits per heavy atom. The molecule has 0 atom stereocenters. The molecule has 0 saturated heterocycles. The second kappa shape index (κ2) is 3.80. The van der Waals surface area contributed by atoms with Crippen LogP contribution in [0.25, 0.3) is 11.3 Å². The van der Waals surface area contributed by atoms with Gasteiger partial charge in [-0.15, -0.1) is 0 Å². The molecule has 1 aromatic carbocycles. The first-order chi connectivity index (χ1) is 7.83. The number of halogens is 1. The lowest BCUT2D eigenvalue weighted by Crippen LogP contribution is -1.85. The summed E-state index contributed by atoms with van der Waals surface area (Å²) in [5.74, 6) is 0.991. The zero-order valence-electron chi connectivity index (χ0n) is 8.61. The van der Waals surface area contributed by atoms with Gasteiger partial charge in [0.25, 0.3) is 0 Å². The molecule has 0 bridgehead atoms. The molecule has 2 aromatic rings. The largest absolute Gasteiger partial charge is 0.493 e. The zero-order chi connectivity index (χ0) is 11.0. The van der Waals surface area contributed by atoms with Crippen LogP contribution in [0.5, 0.6) is 5.75 Å². The second-order valence-corrected chi connectivity index (χ2v) is 4.15. The van der Waals surface area contributed by atoms with Crippen molar-refractivity contribution in [3.05, 3.63) is 47.1 Å². The van der Waals surface area contributed by atoms with Gasteiger partial charge in [-0.3, -0.25) is 0 Å². The molecule has 0 saturated carbocycles. The Labute approximate surface area is 98.8 Å². The molecule has 0 unspecified atom stereocenters. The second-order valence-electron chi connectivity index (χ2n) is 3.77. The molecule has 2 nitrogen and oxygen atoms in total. The SMILES string of the molecule is Clc1cccc(-c2ccc3c(c2)CCO3)n1. The van der Waals surface area contributed by atoms with Gasteiger partial charge in [-0.1, -0.05) is 17.7 Å². The third kappa shape index (κ3) is 1.65. The predicted octanol–water partition coefficient (Wildman–Crippen LogP) is 3.34. The van der Waals surface area contributed by atoms with E-state index in [4.69, 9.17) is 16.3 Å². The number of nitrogens with zero attached hydrogens (tertiary/aromatic N) is 1. The van der Waals surface area contributed by atoms with Crippen LogP contribution in [0.4, 0.5) is 0 Å². The van der Waals surface area contributed by atoms with Crippen LogP contribution < -0.4 is 4.74 Å². The van der Waals surface area contributed by atoms with Crippen LogP contribution in [0.15, 0.2) is 36.4 Å². The van der Waals surface area contributed by atoms with E-state index in [1.54, 1.807) is 6.07 Å². The van der Waals surface area contributed by atoms with E-state index in [-0.39, 0.29) is 0 Å². The zero-order valence-corrected chi connectivity index (χ0v) is 9.37. The minimum absolute atomic E-state index is 0.522. The van der Waals surface area contributed by atoms with Gasteiger partial charge >= 0.3 is 0 Å². The number of hydrogen-bond acceptors (Lipinski definition) is 2. The molecule has 3 heteroatoms. The summed E-state index contributed by atoms with van der Waals surface area (Å²) in [5, 5.41) is 0.522. The maximum atomic E-state index is 5.88. The number of aromatic nitrogens is 1. The van der Waals surface area contributed by atoms with Gasteiger partial charge in [0.05, 0.1) is 12.3 Å². The van der Waals surface area contributed by atoms with Crippen molar-refractivity contribution in [2.24, 2.45) is 0 Å². The van der Waals surface area contributed by atoms with Crippen molar-refractivity contribution in [3.63, 3.8) is 0 Å². The summed E-state index contributed by atoms with van der Waals surface area (Å²) in [6.07, 6.45) is 0.976. The fourth-order valence-corrected chi connectivity index (χ4v) is 2.08. The van der Waals surface area contributed by atoms with E-state index in [9.17, 15) is 0 Å². The fourth-order valence-electron chi connectivity index (χ4n) is 1.91. The van der Waals surface area contributed by atoms with E-state index in [1.165, 1.54) is 5.56 Å². The monoisotopic (exact) mass is 231 g/mol. The molecular weight excluding hydrogens is 222 g/mol. The van der Waals surface area contributed by atoms with Crippen LogP contribution >= 0.6 is 11.6 Å². The fraction of sp³-hybridized carbons (Fsp3) is 0.154. The number of pyridine rings is 1. The average Bonchev–Trinajstić information content (AvgIpc) is 2.75. The van der Waals surface area contributed by atoms with Gasteiger partial charge in [0.2, 0.25) is 0 Å². The van der Waals surface area contributed by atoms with Crippen LogP contribution in [-0.2, 0) is 6.42 Å². The molecule has 0 spiro atoms. The third-order valence-electron chi connectivity index (χ3n) is 2.70. The van der Waals surface area contributed by atoms with Gasteiger partial charge in [-0.25, -0.2) is 4.98 Å². The minimum atomic E-state index is 0.522. The Kier molecular flexibility index (Phi) is 2.29. The summed E-state index contributed by atoms with van der Waals surface area (Å²) in [5.41, 5.74) is 3.24. The van der Waals surface area contributed by atoms with Crippen LogP contribution in [0.2, 0.25) is 5.15 Å². The number of ether oxygens (including phenoxy) is 1. The van der Waals surface area contributed by atoms with Gasteiger partial charge in [0.15, 0.2) is 0 Å². The Hall–Kier alpha value is -1.54. The van der Waals surface area contributed by atoms with E-state index >= 15 is 0 Å². The molecule has 0 radical (unpaired) electrons. The van der Waals surface area contributed by atoms with Crippen LogP contribution in [0, 0.1) is 0 Å². The molecule has 0 N–H and O–H groups in total. The summed E-state index contributed by atoms with van der Waals surface area (Å²) >= 11 is 5.88. The van der Waals surface area contributed by atoms with Crippen molar-refractivity contribution in [3.8, 4) is 17.0 Å². The maximum Gasteiger partial charge on any atom is 0.129 e. The average molecular weight is 232 g/mol. The Bertz CT molecular complexity index is 539. The number of rotatable bonds is 1. The summed E-state index contributed by atoms with van der Waals surface area (Å²) in [6, 6.07) is 11.8. The smallest absolute Gasteiger partial charge is 0.129 e. The lowest BCUT2D eigenvalue weighted by Gasteiger charge is -2.03. The number of hydrogen-bond donors (Lipinski definition) is 0. The lowest BCUT2D eigenvalue weighted by atomic mass is 10.1.